The van der Waals surface area contributed by atoms with E-state index in [-0.39, 0.29) is 10.3 Å². The van der Waals surface area contributed by atoms with Gasteiger partial charge in [0.15, 0.2) is 0 Å². The Balaban J connectivity index is 3.04. The number of thioether (sulfide) groups is 1. The largest absolute Gasteiger partial charge is 0.478 e. The number of hydrogen-bond acceptors (Lipinski definition) is 4. The van der Waals surface area contributed by atoms with Crippen LogP contribution in [0.2, 0.25) is 5.02 Å². The molecule has 0 saturated heterocycles. The Kier molecular flexibility index (Phi) is 4.76. The summed E-state index contributed by atoms with van der Waals surface area (Å²) in [6.07, 6.45) is 2.00. The Morgan fingerprint density at radius 1 is 1.56 bits per heavy atom. The van der Waals surface area contributed by atoms with Crippen molar-refractivity contribution in [3.05, 3.63) is 22.7 Å². The van der Waals surface area contributed by atoms with E-state index in [2.05, 4.69) is 19.2 Å². The Bertz CT molecular complexity index is 464. The van der Waals surface area contributed by atoms with E-state index in [1.807, 2.05) is 6.26 Å². The molecule has 1 rings (SSSR count). The number of benzene rings is 1. The molecule has 0 amide bonds. The summed E-state index contributed by atoms with van der Waals surface area (Å²) in [7, 11) is 0. The third-order valence-electron chi connectivity index (χ3n) is 2.59. The number of carboxylic acid groups (broad SMARTS) is 1. The first-order valence-electron chi connectivity index (χ1n) is 5.38. The van der Waals surface area contributed by atoms with E-state index in [0.717, 1.165) is 0 Å². The summed E-state index contributed by atoms with van der Waals surface area (Å²) < 4.78 is -0.0134. The minimum absolute atomic E-state index is 0.0134. The number of nitrogens with two attached hydrogens (primary N) is 1. The SMILES string of the molecule is CSC(C)(C)CNc1c(Cl)cc(N)cc1C(=O)O. The molecule has 0 atom stereocenters. The molecule has 0 saturated carbocycles. The Morgan fingerprint density at radius 2 is 2.17 bits per heavy atom. The van der Waals surface area contributed by atoms with Crippen molar-refractivity contribution in [2.45, 2.75) is 18.6 Å². The maximum atomic E-state index is 11.2. The average Bonchev–Trinajstić information content (AvgIpc) is 2.26. The lowest BCUT2D eigenvalue weighted by Gasteiger charge is -2.24. The van der Waals surface area contributed by atoms with Crippen LogP contribution in [0, 0.1) is 0 Å². The standard InChI is InChI=1S/C12H17ClN2O2S/c1-12(2,18-3)6-15-10-8(11(16)17)4-7(14)5-9(10)13/h4-5,15H,6,14H2,1-3H3,(H,16,17). The van der Waals surface area contributed by atoms with Gasteiger partial charge in [-0.2, -0.15) is 11.8 Å². The highest BCUT2D eigenvalue weighted by atomic mass is 35.5. The lowest BCUT2D eigenvalue weighted by Crippen LogP contribution is -2.26. The lowest BCUT2D eigenvalue weighted by molar-refractivity contribution is 0.0698. The molecule has 1 aromatic carbocycles. The number of nitrogen functional groups attached to an aromatic ring is 1. The topological polar surface area (TPSA) is 75.3 Å². The molecule has 0 spiro atoms. The van der Waals surface area contributed by atoms with Crippen LogP contribution in [0.15, 0.2) is 12.1 Å². The van der Waals surface area contributed by atoms with Crippen molar-refractivity contribution >= 4 is 40.7 Å². The summed E-state index contributed by atoms with van der Waals surface area (Å²) in [6.45, 7) is 4.74. The number of halogens is 1. The second-order valence-electron chi connectivity index (χ2n) is 4.55. The third-order valence-corrected chi connectivity index (χ3v) is 4.13. The molecule has 0 aliphatic heterocycles. The number of carboxylic acids is 1. The molecule has 4 N–H and O–H groups in total. The first kappa shape index (κ1) is 15.0. The number of hydrogen-bond donors (Lipinski definition) is 3. The highest BCUT2D eigenvalue weighted by molar-refractivity contribution is 7.99. The number of carbonyl (C=O) groups is 1. The zero-order chi connectivity index (χ0) is 13.9. The van der Waals surface area contributed by atoms with Crippen LogP contribution in [0.1, 0.15) is 24.2 Å². The number of aromatic carboxylic acids is 1. The summed E-state index contributed by atoms with van der Waals surface area (Å²) in [4.78, 5) is 11.2. The van der Waals surface area contributed by atoms with E-state index in [0.29, 0.717) is 22.9 Å². The molecule has 100 valence electrons. The van der Waals surface area contributed by atoms with Crippen molar-refractivity contribution in [2.24, 2.45) is 0 Å². The van der Waals surface area contributed by atoms with Gasteiger partial charge in [0.2, 0.25) is 0 Å². The van der Waals surface area contributed by atoms with Crippen LogP contribution < -0.4 is 11.1 Å². The summed E-state index contributed by atoms with van der Waals surface area (Å²) in [6, 6.07) is 2.95. The van der Waals surface area contributed by atoms with Gasteiger partial charge in [-0.25, -0.2) is 4.79 Å². The van der Waals surface area contributed by atoms with Crippen molar-refractivity contribution in [3.63, 3.8) is 0 Å². The molecule has 0 aliphatic carbocycles. The van der Waals surface area contributed by atoms with Crippen LogP contribution in [0.25, 0.3) is 0 Å². The van der Waals surface area contributed by atoms with E-state index < -0.39 is 5.97 Å². The highest BCUT2D eigenvalue weighted by Crippen LogP contribution is 2.31. The molecule has 0 aromatic heterocycles. The number of nitrogens with one attached hydrogen (secondary N) is 1. The van der Waals surface area contributed by atoms with Crippen molar-refractivity contribution in [3.8, 4) is 0 Å². The first-order valence-corrected chi connectivity index (χ1v) is 6.98. The molecular formula is C12H17ClN2O2S. The molecular weight excluding hydrogens is 272 g/mol. The van der Waals surface area contributed by atoms with E-state index in [1.165, 1.54) is 6.07 Å². The summed E-state index contributed by atoms with van der Waals surface area (Å²) in [5.41, 5.74) is 6.45. The Labute approximate surface area is 116 Å². The highest BCUT2D eigenvalue weighted by Gasteiger charge is 2.19. The number of rotatable bonds is 5. The summed E-state index contributed by atoms with van der Waals surface area (Å²) in [5.74, 6) is -1.05. The van der Waals surface area contributed by atoms with Crippen LogP contribution in [0.5, 0.6) is 0 Å². The van der Waals surface area contributed by atoms with E-state index in [1.54, 1.807) is 17.8 Å². The van der Waals surface area contributed by atoms with Gasteiger partial charge < -0.3 is 16.2 Å². The molecule has 0 bridgehead atoms. The first-order chi connectivity index (χ1) is 8.26. The van der Waals surface area contributed by atoms with E-state index in [9.17, 15) is 4.79 Å². The van der Waals surface area contributed by atoms with Gasteiger partial charge >= 0.3 is 5.97 Å². The zero-order valence-corrected chi connectivity index (χ0v) is 12.2. The fraction of sp³-hybridized carbons (Fsp3) is 0.417. The molecule has 0 radical (unpaired) electrons. The van der Waals surface area contributed by atoms with Gasteiger partial charge in [-0.05, 0) is 32.2 Å². The molecule has 0 unspecified atom stereocenters. The van der Waals surface area contributed by atoms with Gasteiger partial charge in [0, 0.05) is 17.0 Å². The van der Waals surface area contributed by atoms with Gasteiger partial charge in [-0.3, -0.25) is 0 Å². The van der Waals surface area contributed by atoms with Gasteiger partial charge in [-0.1, -0.05) is 11.6 Å². The molecule has 4 nitrogen and oxygen atoms in total. The lowest BCUT2D eigenvalue weighted by atomic mass is 10.1. The van der Waals surface area contributed by atoms with Crippen LogP contribution in [0.3, 0.4) is 0 Å². The second-order valence-corrected chi connectivity index (χ2v) is 6.47. The third kappa shape index (κ3) is 3.71. The normalized spacial score (nSPS) is 11.3. The molecule has 6 heteroatoms. The van der Waals surface area contributed by atoms with Gasteiger partial charge in [0.05, 0.1) is 16.3 Å². The molecule has 0 aliphatic rings. The minimum Gasteiger partial charge on any atom is -0.478 e. The Morgan fingerprint density at radius 3 is 2.67 bits per heavy atom. The van der Waals surface area contributed by atoms with Crippen molar-refractivity contribution < 1.29 is 9.90 Å². The maximum absolute atomic E-state index is 11.2. The second kappa shape index (κ2) is 5.71. The maximum Gasteiger partial charge on any atom is 0.337 e. The van der Waals surface area contributed by atoms with Crippen LogP contribution in [0.4, 0.5) is 11.4 Å². The molecule has 0 heterocycles. The van der Waals surface area contributed by atoms with Crippen molar-refractivity contribution in [1.29, 1.82) is 0 Å². The molecule has 18 heavy (non-hydrogen) atoms. The quantitative estimate of drug-likeness (QED) is 0.726. The van der Waals surface area contributed by atoms with Crippen LogP contribution in [-0.4, -0.2) is 28.6 Å². The van der Waals surface area contributed by atoms with Gasteiger partial charge in [0.25, 0.3) is 0 Å². The van der Waals surface area contributed by atoms with Gasteiger partial charge in [-0.15, -0.1) is 0 Å². The van der Waals surface area contributed by atoms with Crippen LogP contribution in [-0.2, 0) is 0 Å². The van der Waals surface area contributed by atoms with E-state index >= 15 is 0 Å². The minimum atomic E-state index is -1.05. The summed E-state index contributed by atoms with van der Waals surface area (Å²) in [5, 5.41) is 12.6. The van der Waals surface area contributed by atoms with Crippen molar-refractivity contribution in [1.82, 2.24) is 0 Å². The number of anilines is 2. The fourth-order valence-corrected chi connectivity index (χ4v) is 1.86. The Hall–Kier alpha value is -1.07. The monoisotopic (exact) mass is 288 g/mol. The molecule has 0 fully saturated rings. The van der Waals surface area contributed by atoms with E-state index in [4.69, 9.17) is 22.4 Å². The predicted molar refractivity (Wildman–Crippen MR) is 78.9 cm³/mol. The smallest absolute Gasteiger partial charge is 0.337 e. The fourth-order valence-electron chi connectivity index (χ4n) is 1.35. The molecule has 1 aromatic rings. The van der Waals surface area contributed by atoms with Crippen molar-refractivity contribution in [2.75, 3.05) is 23.9 Å². The van der Waals surface area contributed by atoms with Gasteiger partial charge in [0.1, 0.15) is 0 Å². The van der Waals surface area contributed by atoms with Crippen LogP contribution >= 0.6 is 23.4 Å². The summed E-state index contributed by atoms with van der Waals surface area (Å²) >= 11 is 7.73. The zero-order valence-electron chi connectivity index (χ0n) is 10.6. The average molecular weight is 289 g/mol. The predicted octanol–water partition coefficient (Wildman–Crippen LogP) is 3.17.